The van der Waals surface area contributed by atoms with Crippen molar-refractivity contribution in [2.24, 2.45) is 28.6 Å². The van der Waals surface area contributed by atoms with Crippen LogP contribution in [0.2, 0.25) is 0 Å². The highest BCUT2D eigenvalue weighted by Gasteiger charge is 2.15. The van der Waals surface area contributed by atoms with E-state index in [4.69, 9.17) is 0 Å². The molecule has 3 heteroatoms. The first-order chi connectivity index (χ1) is 19.6. The molecule has 2 nitrogen and oxygen atoms in total. The van der Waals surface area contributed by atoms with Gasteiger partial charge < -0.3 is 0 Å². The first-order valence-electron chi connectivity index (χ1n) is 17.8. The van der Waals surface area contributed by atoms with Crippen molar-refractivity contribution in [3.63, 3.8) is 0 Å². The highest BCUT2D eigenvalue weighted by atomic mass is 32.2. The number of benzene rings is 1. The molecule has 0 radical (unpaired) electrons. The number of sulfone groups is 1. The van der Waals surface area contributed by atoms with Gasteiger partial charge in [0.05, 0.1) is 0 Å². The summed E-state index contributed by atoms with van der Waals surface area (Å²) in [5.74, 6) is 2.82. The average molecular weight is 774 g/mol. The molecule has 1 aliphatic rings. The first kappa shape index (κ1) is 93.2. The Balaban J connectivity index is -0.0000000269. The van der Waals surface area contributed by atoms with Gasteiger partial charge in [-0.1, -0.05) is 273 Å². The van der Waals surface area contributed by atoms with E-state index in [0.29, 0.717) is 16.2 Å². The Kier molecular flexibility index (Phi) is 97.7. The van der Waals surface area contributed by atoms with E-state index in [9.17, 15) is 8.42 Å². The molecule has 334 valence electrons. The zero-order chi connectivity index (χ0) is 36.8. The van der Waals surface area contributed by atoms with Gasteiger partial charge in [-0.2, -0.15) is 0 Å². The molecule has 0 amide bonds. The fraction of sp³-hybridized carbons (Fsp3) is 0.878. The van der Waals surface area contributed by atoms with Crippen LogP contribution in [0.3, 0.4) is 0 Å². The number of rotatable bonds is 1. The van der Waals surface area contributed by atoms with Gasteiger partial charge in [-0.05, 0) is 39.6 Å². The molecule has 0 bridgehead atoms. The molecule has 0 N–H and O–H groups in total. The van der Waals surface area contributed by atoms with Crippen LogP contribution in [-0.2, 0) is 15.3 Å². The fourth-order valence-corrected chi connectivity index (χ4v) is 2.74. The van der Waals surface area contributed by atoms with E-state index >= 15 is 0 Å². The van der Waals surface area contributed by atoms with Crippen molar-refractivity contribution in [3.05, 3.63) is 35.9 Å². The molecule has 1 saturated carbocycles. The molecule has 0 aliphatic heterocycles. The van der Waals surface area contributed by atoms with Gasteiger partial charge in [0.2, 0.25) is 0 Å². The molecular formula is C49H120O2S. The van der Waals surface area contributed by atoms with Crippen LogP contribution < -0.4 is 0 Å². The molecule has 0 aromatic heterocycles. The predicted molar refractivity (Wildman–Crippen MR) is 264 cm³/mol. The van der Waals surface area contributed by atoms with E-state index in [1.165, 1.54) is 50.5 Å². The Bertz CT molecular complexity index is 734. The van der Waals surface area contributed by atoms with Crippen LogP contribution in [0.1, 0.15) is 248 Å². The highest BCUT2D eigenvalue weighted by molar-refractivity contribution is 7.89. The maximum absolute atomic E-state index is 9.63. The van der Waals surface area contributed by atoms with Crippen molar-refractivity contribution in [1.82, 2.24) is 0 Å². The minimum Gasteiger partial charge on any atom is -0.229 e. The lowest BCUT2D eigenvalue weighted by atomic mass is 9.82. The summed E-state index contributed by atoms with van der Waals surface area (Å²) in [4.78, 5) is 0. The van der Waals surface area contributed by atoms with E-state index in [2.05, 4.69) is 155 Å². The second-order valence-electron chi connectivity index (χ2n) is 16.8. The Morgan fingerprint density at radius 1 is 0.596 bits per heavy atom. The maximum atomic E-state index is 9.63. The Morgan fingerprint density at radius 2 is 0.808 bits per heavy atom. The topological polar surface area (TPSA) is 34.1 Å². The third-order valence-electron chi connectivity index (χ3n) is 5.29. The minimum atomic E-state index is -2.67. The Labute approximate surface area is 342 Å². The average Bonchev–Trinajstić information content (AvgIpc) is 2.84. The van der Waals surface area contributed by atoms with Gasteiger partial charge >= 0.3 is 0 Å². The fourth-order valence-electron chi connectivity index (χ4n) is 2.74. The largest absolute Gasteiger partial charge is 0.229 e. The van der Waals surface area contributed by atoms with Crippen LogP contribution in [0, 0.1) is 28.6 Å². The summed E-state index contributed by atoms with van der Waals surface area (Å²) in [6.07, 6.45) is 12.3. The normalized spacial score (nSPS) is 11.0. The zero-order valence-corrected chi connectivity index (χ0v) is 35.6. The van der Waals surface area contributed by atoms with Crippen LogP contribution >= 0.6 is 0 Å². The predicted octanol–water partition coefficient (Wildman–Crippen LogP) is 19.6. The van der Waals surface area contributed by atoms with Crippen LogP contribution in [0.15, 0.2) is 30.3 Å². The van der Waals surface area contributed by atoms with Crippen LogP contribution in [-0.4, -0.2) is 20.9 Å². The number of hydrogen-bond donors (Lipinski definition) is 0. The van der Waals surface area contributed by atoms with Crippen LogP contribution in [0.5, 0.6) is 0 Å². The highest BCUT2D eigenvalue weighted by Crippen LogP contribution is 2.29. The molecule has 1 fully saturated rings. The van der Waals surface area contributed by atoms with Gasteiger partial charge in [0, 0.05) is 12.5 Å². The van der Waals surface area contributed by atoms with Crippen LogP contribution in [0.4, 0.5) is 0 Å². The summed E-state index contributed by atoms with van der Waals surface area (Å²) in [6, 6.07) is 10.6. The Hall–Kier alpha value is -0.830. The second kappa shape index (κ2) is 54.5. The molecule has 0 atom stereocenters. The first-order valence-corrected chi connectivity index (χ1v) is 20.1. The van der Waals surface area contributed by atoms with Gasteiger partial charge in [-0.15, -0.1) is 0 Å². The minimum absolute atomic E-state index is 0. The van der Waals surface area contributed by atoms with Crippen molar-refractivity contribution in [2.75, 3.05) is 12.5 Å². The summed E-state index contributed by atoms with van der Waals surface area (Å²) in [6.45, 7) is 43.8. The molecular weight excluding hydrogens is 653 g/mol. The molecule has 52 heavy (non-hydrogen) atoms. The van der Waals surface area contributed by atoms with Crippen molar-refractivity contribution >= 4 is 9.84 Å². The van der Waals surface area contributed by atoms with E-state index in [-0.39, 0.29) is 59.4 Å². The third kappa shape index (κ3) is 144. The standard InChI is InChI=1S/C10H14.C9H18.C6H14.C5H12.C4H10.C3H8.C2H6O2S.C2H6.8CH4/c1-10(2,3)9-7-5-4-6-8-9;1-8(2)9-6-4-3-5-7-9;1-5-6(2,3)4;1-5(2,3)4;1-4(2)3;1-3-2;1-5(2,3)4;1-2;;;;;;;;/h4-8H,1-3H3;8-9H,3-7H2,1-2H3;5H2,1-4H3;1-4H3;4H,1-3H3;3H2,1-2H3;1-2H3;1-2H3;8*1H4. The van der Waals surface area contributed by atoms with Crippen molar-refractivity contribution in [2.45, 2.75) is 248 Å². The Morgan fingerprint density at radius 3 is 0.923 bits per heavy atom. The SMILES string of the molecule is C.C.C.C.C.C.C.C.CC.CC(C)(C)C.CC(C)(C)c1ccccc1.CC(C)C.CC(C)C1CCCCC1.CCC.CCC(C)(C)C.CS(C)(=O)=O. The summed E-state index contributed by atoms with van der Waals surface area (Å²) >= 11 is 0. The molecule has 0 saturated heterocycles. The van der Waals surface area contributed by atoms with E-state index in [0.717, 1.165) is 30.3 Å². The molecule has 0 spiro atoms. The molecule has 2 rings (SSSR count). The molecule has 1 aromatic rings. The van der Waals surface area contributed by atoms with E-state index in [1.807, 2.05) is 13.8 Å². The third-order valence-corrected chi connectivity index (χ3v) is 5.29. The molecule has 0 heterocycles. The summed E-state index contributed by atoms with van der Waals surface area (Å²) in [5, 5.41) is 0. The maximum Gasteiger partial charge on any atom is 0.144 e. The van der Waals surface area contributed by atoms with Crippen LogP contribution in [0.25, 0.3) is 0 Å². The summed E-state index contributed by atoms with van der Waals surface area (Å²) < 4.78 is 19.3. The lowest BCUT2D eigenvalue weighted by Crippen LogP contribution is -2.12. The van der Waals surface area contributed by atoms with E-state index in [1.54, 1.807) is 0 Å². The van der Waals surface area contributed by atoms with Gasteiger partial charge in [0.25, 0.3) is 0 Å². The molecule has 1 aliphatic carbocycles. The number of hydrogen-bond acceptors (Lipinski definition) is 2. The van der Waals surface area contributed by atoms with Crippen molar-refractivity contribution in [3.8, 4) is 0 Å². The quantitative estimate of drug-likeness (QED) is 0.285. The van der Waals surface area contributed by atoms with E-state index < -0.39 is 9.84 Å². The smallest absolute Gasteiger partial charge is 0.144 e. The zero-order valence-electron chi connectivity index (χ0n) is 34.8. The monoisotopic (exact) mass is 773 g/mol. The van der Waals surface area contributed by atoms with Gasteiger partial charge in [0.15, 0.2) is 0 Å². The van der Waals surface area contributed by atoms with Crippen molar-refractivity contribution in [1.29, 1.82) is 0 Å². The molecule has 0 unspecified atom stereocenters. The lowest BCUT2D eigenvalue weighted by molar-refractivity contribution is 0.279. The van der Waals surface area contributed by atoms with Gasteiger partial charge in [-0.25, -0.2) is 8.42 Å². The molecule has 1 aromatic carbocycles. The van der Waals surface area contributed by atoms with Gasteiger partial charge in [-0.3, -0.25) is 0 Å². The van der Waals surface area contributed by atoms with Gasteiger partial charge in [0.1, 0.15) is 9.84 Å². The summed E-state index contributed by atoms with van der Waals surface area (Å²) in [7, 11) is -2.67. The second-order valence-corrected chi connectivity index (χ2v) is 19.0. The lowest BCUT2D eigenvalue weighted by Gasteiger charge is -2.24. The van der Waals surface area contributed by atoms with Crippen molar-refractivity contribution < 1.29 is 8.42 Å². The summed E-state index contributed by atoms with van der Waals surface area (Å²) in [5.41, 5.74) is 2.73.